The van der Waals surface area contributed by atoms with E-state index in [1.54, 1.807) is 24.3 Å². The topological polar surface area (TPSA) is 64.7 Å². The first kappa shape index (κ1) is 16.4. The zero-order valence-electron chi connectivity index (χ0n) is 13.2. The second-order valence-electron chi connectivity index (χ2n) is 5.64. The lowest BCUT2D eigenvalue weighted by molar-refractivity contribution is 0.511. The molecule has 2 aromatic carbocycles. The van der Waals surface area contributed by atoms with E-state index in [-0.39, 0.29) is 16.3 Å². The van der Waals surface area contributed by atoms with Gasteiger partial charge in [-0.2, -0.15) is 0 Å². The SMILES string of the molecule is Nc1ncnc2ccc(-c3cccnc3-c3cc(Cl)cc(F)c3F)cc12. The number of aromatic nitrogens is 3. The zero-order chi connectivity index (χ0) is 18.3. The Morgan fingerprint density at radius 2 is 1.77 bits per heavy atom. The number of benzene rings is 2. The first-order chi connectivity index (χ1) is 12.5. The Hall–Kier alpha value is -3.12. The highest BCUT2D eigenvalue weighted by molar-refractivity contribution is 6.30. The number of nitrogen functional groups attached to an aromatic ring is 1. The van der Waals surface area contributed by atoms with Gasteiger partial charge in [0.15, 0.2) is 11.6 Å². The van der Waals surface area contributed by atoms with Gasteiger partial charge < -0.3 is 5.73 Å². The molecule has 2 aromatic heterocycles. The maximum Gasteiger partial charge on any atom is 0.168 e. The summed E-state index contributed by atoms with van der Waals surface area (Å²) in [5.74, 6) is -1.69. The Morgan fingerprint density at radius 3 is 2.62 bits per heavy atom. The highest BCUT2D eigenvalue weighted by Gasteiger charge is 2.17. The van der Waals surface area contributed by atoms with Crippen LogP contribution in [0.2, 0.25) is 5.02 Å². The fourth-order valence-electron chi connectivity index (χ4n) is 2.83. The van der Waals surface area contributed by atoms with Crippen LogP contribution in [0.1, 0.15) is 0 Å². The Kier molecular flexibility index (Phi) is 3.97. The van der Waals surface area contributed by atoms with Crippen LogP contribution in [0.15, 0.2) is 55.0 Å². The van der Waals surface area contributed by atoms with Gasteiger partial charge in [-0.25, -0.2) is 18.7 Å². The molecule has 0 spiro atoms. The number of hydrogen-bond acceptors (Lipinski definition) is 4. The van der Waals surface area contributed by atoms with Gasteiger partial charge in [-0.1, -0.05) is 23.7 Å². The van der Waals surface area contributed by atoms with Crippen LogP contribution in [0, 0.1) is 11.6 Å². The second kappa shape index (κ2) is 6.31. The van der Waals surface area contributed by atoms with E-state index in [1.165, 1.54) is 18.6 Å². The first-order valence-electron chi connectivity index (χ1n) is 7.65. The van der Waals surface area contributed by atoms with Crippen LogP contribution < -0.4 is 5.73 Å². The maximum atomic E-state index is 14.4. The molecule has 7 heteroatoms. The third kappa shape index (κ3) is 2.74. The Balaban J connectivity index is 1.97. The van der Waals surface area contributed by atoms with Crippen LogP contribution in [0.4, 0.5) is 14.6 Å². The summed E-state index contributed by atoms with van der Waals surface area (Å²) in [6.45, 7) is 0. The number of nitrogens with zero attached hydrogens (tertiary/aromatic N) is 3. The summed E-state index contributed by atoms with van der Waals surface area (Å²) in [7, 11) is 0. The van der Waals surface area contributed by atoms with Crippen molar-refractivity contribution in [3.05, 3.63) is 71.6 Å². The van der Waals surface area contributed by atoms with Gasteiger partial charge in [0.05, 0.1) is 11.2 Å². The van der Waals surface area contributed by atoms with E-state index < -0.39 is 11.6 Å². The standard InChI is InChI=1S/C19H11ClF2N4/c20-11-7-14(17(22)15(21)8-11)18-12(2-1-5-24-18)10-3-4-16-13(6-10)19(23)26-9-25-16/h1-9H,(H2,23,25,26). The average molecular weight is 369 g/mol. The Morgan fingerprint density at radius 1 is 0.923 bits per heavy atom. The molecule has 0 aliphatic rings. The quantitative estimate of drug-likeness (QED) is 0.512. The summed E-state index contributed by atoms with van der Waals surface area (Å²) in [6, 6.07) is 11.2. The molecule has 2 N–H and O–H groups in total. The second-order valence-corrected chi connectivity index (χ2v) is 6.08. The molecule has 0 amide bonds. The summed E-state index contributed by atoms with van der Waals surface area (Å²) in [5.41, 5.74) is 8.21. The molecule has 0 saturated carbocycles. The molecule has 26 heavy (non-hydrogen) atoms. The molecule has 0 bridgehead atoms. The van der Waals surface area contributed by atoms with Crippen LogP contribution in [0.3, 0.4) is 0 Å². The number of rotatable bonds is 2. The molecule has 0 aliphatic carbocycles. The molecule has 0 atom stereocenters. The number of anilines is 1. The van der Waals surface area contributed by atoms with Gasteiger partial charge in [-0.05, 0) is 35.9 Å². The van der Waals surface area contributed by atoms with E-state index in [1.807, 2.05) is 6.07 Å². The van der Waals surface area contributed by atoms with Crippen molar-refractivity contribution in [2.75, 3.05) is 5.73 Å². The van der Waals surface area contributed by atoms with Gasteiger partial charge in [0.2, 0.25) is 0 Å². The first-order valence-corrected chi connectivity index (χ1v) is 8.03. The van der Waals surface area contributed by atoms with Gasteiger partial charge in [0.1, 0.15) is 12.1 Å². The predicted octanol–water partition coefficient (Wildman–Crippen LogP) is 4.87. The number of nitrogens with two attached hydrogens (primary N) is 1. The van der Waals surface area contributed by atoms with Gasteiger partial charge in [-0.3, -0.25) is 4.98 Å². The van der Waals surface area contributed by atoms with Crippen molar-refractivity contribution in [2.24, 2.45) is 0 Å². The summed E-state index contributed by atoms with van der Waals surface area (Å²) in [6.07, 6.45) is 2.90. The minimum Gasteiger partial charge on any atom is -0.383 e. The molecule has 0 fully saturated rings. The molecule has 4 rings (SSSR count). The molecule has 4 nitrogen and oxygen atoms in total. The fraction of sp³-hybridized carbons (Fsp3) is 0. The number of pyridine rings is 1. The van der Waals surface area contributed by atoms with Crippen LogP contribution in [0.25, 0.3) is 33.3 Å². The van der Waals surface area contributed by atoms with Crippen molar-refractivity contribution in [1.29, 1.82) is 0 Å². The average Bonchev–Trinajstić information content (AvgIpc) is 2.65. The van der Waals surface area contributed by atoms with Crippen LogP contribution in [0.5, 0.6) is 0 Å². The lowest BCUT2D eigenvalue weighted by atomic mass is 9.98. The minimum atomic E-state index is -1.03. The highest BCUT2D eigenvalue weighted by atomic mass is 35.5. The minimum absolute atomic E-state index is 0.0111. The highest BCUT2D eigenvalue weighted by Crippen LogP contribution is 2.35. The van der Waals surface area contributed by atoms with Crippen molar-refractivity contribution in [2.45, 2.75) is 0 Å². The normalized spacial score (nSPS) is 11.0. The summed E-state index contributed by atoms with van der Waals surface area (Å²) in [4.78, 5) is 12.4. The lowest BCUT2D eigenvalue weighted by Gasteiger charge is -2.11. The molecule has 0 saturated heterocycles. The smallest absolute Gasteiger partial charge is 0.168 e. The Bertz CT molecular complexity index is 1150. The van der Waals surface area contributed by atoms with Crippen molar-refractivity contribution in [3.8, 4) is 22.4 Å². The zero-order valence-corrected chi connectivity index (χ0v) is 14.0. The van der Waals surface area contributed by atoms with Crippen LogP contribution >= 0.6 is 11.6 Å². The van der Waals surface area contributed by atoms with E-state index in [0.717, 1.165) is 11.6 Å². The van der Waals surface area contributed by atoms with Crippen molar-refractivity contribution < 1.29 is 8.78 Å². The van der Waals surface area contributed by atoms with Crippen molar-refractivity contribution >= 4 is 28.3 Å². The van der Waals surface area contributed by atoms with Gasteiger partial charge in [-0.15, -0.1) is 0 Å². The molecule has 0 unspecified atom stereocenters. The molecule has 0 aliphatic heterocycles. The van der Waals surface area contributed by atoms with Crippen LogP contribution in [-0.2, 0) is 0 Å². The van der Waals surface area contributed by atoms with Gasteiger partial charge in [0, 0.05) is 27.7 Å². The van der Waals surface area contributed by atoms with Crippen molar-refractivity contribution in [1.82, 2.24) is 15.0 Å². The third-order valence-corrected chi connectivity index (χ3v) is 4.25. The number of halogens is 3. The number of hydrogen-bond donors (Lipinski definition) is 1. The molecule has 4 aromatic rings. The summed E-state index contributed by atoms with van der Waals surface area (Å²) in [5, 5.41) is 0.754. The largest absolute Gasteiger partial charge is 0.383 e. The van der Waals surface area contributed by atoms with E-state index >= 15 is 0 Å². The van der Waals surface area contributed by atoms with E-state index in [2.05, 4.69) is 15.0 Å². The van der Waals surface area contributed by atoms with Crippen LogP contribution in [-0.4, -0.2) is 15.0 Å². The third-order valence-electron chi connectivity index (χ3n) is 4.03. The van der Waals surface area contributed by atoms with Gasteiger partial charge >= 0.3 is 0 Å². The summed E-state index contributed by atoms with van der Waals surface area (Å²) >= 11 is 5.90. The molecule has 2 heterocycles. The van der Waals surface area contributed by atoms with E-state index in [4.69, 9.17) is 17.3 Å². The maximum absolute atomic E-state index is 14.4. The van der Waals surface area contributed by atoms with Crippen molar-refractivity contribution in [3.63, 3.8) is 0 Å². The molecular formula is C19H11ClF2N4. The Labute approximate surface area is 152 Å². The molecule has 0 radical (unpaired) electrons. The lowest BCUT2D eigenvalue weighted by Crippen LogP contribution is -1.96. The fourth-order valence-corrected chi connectivity index (χ4v) is 3.03. The molecule has 128 valence electrons. The summed E-state index contributed by atoms with van der Waals surface area (Å²) < 4.78 is 28.2. The number of fused-ring (bicyclic) bond motifs is 1. The monoisotopic (exact) mass is 368 g/mol. The van der Waals surface area contributed by atoms with E-state index in [9.17, 15) is 8.78 Å². The predicted molar refractivity (Wildman–Crippen MR) is 97.5 cm³/mol. The molecular weight excluding hydrogens is 358 g/mol. The van der Waals surface area contributed by atoms with Gasteiger partial charge in [0.25, 0.3) is 0 Å². The van der Waals surface area contributed by atoms with E-state index in [0.29, 0.717) is 22.3 Å².